The Hall–Kier alpha value is -2.53. The Morgan fingerprint density at radius 3 is 2.84 bits per heavy atom. The van der Waals surface area contributed by atoms with Gasteiger partial charge in [0, 0.05) is 24.4 Å². The molecule has 0 saturated carbocycles. The van der Waals surface area contributed by atoms with Crippen molar-refractivity contribution in [3.05, 3.63) is 59.7 Å². The lowest BCUT2D eigenvalue weighted by atomic mass is 10.1. The van der Waals surface area contributed by atoms with Gasteiger partial charge in [-0.05, 0) is 55.2 Å². The molecule has 1 unspecified atom stereocenters. The Labute approximate surface area is 148 Å². The zero-order chi connectivity index (χ0) is 17.5. The van der Waals surface area contributed by atoms with Gasteiger partial charge in [0.25, 0.3) is 5.91 Å². The molecule has 132 valence electrons. The maximum Gasteiger partial charge on any atom is 0.251 e. The minimum Gasteiger partial charge on any atom is -0.491 e. The van der Waals surface area contributed by atoms with Crippen molar-refractivity contribution in [1.82, 2.24) is 5.32 Å². The van der Waals surface area contributed by atoms with Crippen molar-refractivity contribution in [3.63, 3.8) is 0 Å². The van der Waals surface area contributed by atoms with Crippen molar-refractivity contribution in [2.45, 2.75) is 25.4 Å². The number of nitrogens with one attached hydrogen (secondary N) is 1. The molecule has 1 amide bonds. The summed E-state index contributed by atoms with van der Waals surface area (Å²) in [5.41, 5.74) is 8.15. The lowest BCUT2D eigenvalue weighted by molar-refractivity contribution is 0.0679. The summed E-state index contributed by atoms with van der Waals surface area (Å²) in [7, 11) is 0. The van der Waals surface area contributed by atoms with Gasteiger partial charge in [-0.25, -0.2) is 0 Å². The molecule has 1 aliphatic rings. The predicted octanol–water partition coefficient (Wildman–Crippen LogP) is 2.80. The first-order chi connectivity index (χ1) is 12.2. The number of ether oxygens (including phenoxy) is 2. The normalized spacial score (nSPS) is 16.6. The molecule has 1 saturated heterocycles. The van der Waals surface area contributed by atoms with Crippen LogP contribution in [0.3, 0.4) is 0 Å². The summed E-state index contributed by atoms with van der Waals surface area (Å²) in [5.74, 6) is 0.597. The fraction of sp³-hybridized carbons (Fsp3) is 0.350. The average molecular weight is 340 g/mol. The number of anilines is 1. The molecular weight excluding hydrogens is 316 g/mol. The summed E-state index contributed by atoms with van der Waals surface area (Å²) in [6, 6.07) is 14.9. The third-order valence-electron chi connectivity index (χ3n) is 4.24. The van der Waals surface area contributed by atoms with Gasteiger partial charge >= 0.3 is 0 Å². The maximum absolute atomic E-state index is 12.3. The SMILES string of the molecule is Nc1ccc(CCNC(=O)c2cccc(OCC3CCCO3)c2)cc1. The quantitative estimate of drug-likeness (QED) is 0.760. The van der Waals surface area contributed by atoms with Crippen LogP contribution >= 0.6 is 0 Å². The molecule has 0 spiro atoms. The average Bonchev–Trinajstić information content (AvgIpc) is 3.15. The van der Waals surface area contributed by atoms with Crippen LogP contribution in [0.4, 0.5) is 5.69 Å². The van der Waals surface area contributed by atoms with Crippen LogP contribution in [0.15, 0.2) is 48.5 Å². The topological polar surface area (TPSA) is 73.6 Å². The number of hydrogen-bond donors (Lipinski definition) is 2. The summed E-state index contributed by atoms with van der Waals surface area (Å²) >= 11 is 0. The van der Waals surface area contributed by atoms with Gasteiger partial charge in [0.1, 0.15) is 12.4 Å². The van der Waals surface area contributed by atoms with Crippen molar-refractivity contribution in [2.75, 3.05) is 25.5 Å². The number of hydrogen-bond acceptors (Lipinski definition) is 4. The Balaban J connectivity index is 1.47. The highest BCUT2D eigenvalue weighted by Gasteiger charge is 2.16. The van der Waals surface area contributed by atoms with Crippen LogP contribution in [0.25, 0.3) is 0 Å². The van der Waals surface area contributed by atoms with Gasteiger partial charge in [0.05, 0.1) is 6.10 Å². The molecule has 25 heavy (non-hydrogen) atoms. The number of amides is 1. The van der Waals surface area contributed by atoms with E-state index in [0.717, 1.165) is 37.1 Å². The summed E-state index contributed by atoms with van der Waals surface area (Å²) in [6.45, 7) is 1.91. The van der Waals surface area contributed by atoms with Gasteiger partial charge in [-0.1, -0.05) is 18.2 Å². The van der Waals surface area contributed by atoms with E-state index in [1.165, 1.54) is 0 Å². The molecule has 5 heteroatoms. The molecule has 0 radical (unpaired) electrons. The second kappa shape index (κ2) is 8.53. The molecule has 3 rings (SSSR count). The Kier molecular flexibility index (Phi) is 5.90. The maximum atomic E-state index is 12.3. The first kappa shape index (κ1) is 17.3. The highest BCUT2D eigenvalue weighted by Crippen LogP contribution is 2.17. The van der Waals surface area contributed by atoms with E-state index in [9.17, 15) is 4.79 Å². The van der Waals surface area contributed by atoms with Crippen molar-refractivity contribution in [2.24, 2.45) is 0 Å². The van der Waals surface area contributed by atoms with Gasteiger partial charge in [0.15, 0.2) is 0 Å². The van der Waals surface area contributed by atoms with E-state index in [1.54, 1.807) is 12.1 Å². The molecule has 0 aromatic heterocycles. The van der Waals surface area contributed by atoms with E-state index >= 15 is 0 Å². The van der Waals surface area contributed by atoms with Crippen LogP contribution in [-0.4, -0.2) is 31.8 Å². The van der Waals surface area contributed by atoms with Crippen molar-refractivity contribution in [1.29, 1.82) is 0 Å². The summed E-state index contributed by atoms with van der Waals surface area (Å²) in [5, 5.41) is 2.94. The van der Waals surface area contributed by atoms with E-state index in [-0.39, 0.29) is 12.0 Å². The van der Waals surface area contributed by atoms with E-state index in [0.29, 0.717) is 24.5 Å². The monoisotopic (exact) mass is 340 g/mol. The first-order valence-electron chi connectivity index (χ1n) is 8.68. The highest BCUT2D eigenvalue weighted by molar-refractivity contribution is 5.94. The molecule has 3 N–H and O–H groups in total. The minimum atomic E-state index is -0.0991. The molecule has 0 aliphatic carbocycles. The number of carbonyl (C=O) groups is 1. The second-order valence-corrected chi connectivity index (χ2v) is 6.22. The lowest BCUT2D eigenvalue weighted by Crippen LogP contribution is -2.25. The first-order valence-corrected chi connectivity index (χ1v) is 8.68. The van der Waals surface area contributed by atoms with Gasteiger partial charge in [0.2, 0.25) is 0 Å². The smallest absolute Gasteiger partial charge is 0.251 e. The molecule has 2 aromatic carbocycles. The number of carbonyl (C=O) groups excluding carboxylic acids is 1. The van der Waals surface area contributed by atoms with Crippen molar-refractivity contribution >= 4 is 11.6 Å². The lowest BCUT2D eigenvalue weighted by Gasteiger charge is -2.12. The molecule has 1 aliphatic heterocycles. The van der Waals surface area contributed by atoms with E-state index in [1.807, 2.05) is 36.4 Å². The molecule has 0 bridgehead atoms. The number of nitrogens with two attached hydrogens (primary N) is 1. The van der Waals surface area contributed by atoms with Crippen LogP contribution in [0, 0.1) is 0 Å². The van der Waals surface area contributed by atoms with Crippen molar-refractivity contribution in [3.8, 4) is 5.75 Å². The second-order valence-electron chi connectivity index (χ2n) is 6.22. The predicted molar refractivity (Wildman–Crippen MR) is 97.8 cm³/mol. The molecular formula is C20H24N2O3. The third-order valence-corrected chi connectivity index (χ3v) is 4.24. The minimum absolute atomic E-state index is 0.0991. The molecule has 1 fully saturated rings. The van der Waals surface area contributed by atoms with Gasteiger partial charge in [-0.2, -0.15) is 0 Å². The van der Waals surface area contributed by atoms with E-state index < -0.39 is 0 Å². The third kappa shape index (κ3) is 5.22. The van der Waals surface area contributed by atoms with E-state index in [2.05, 4.69) is 5.32 Å². The van der Waals surface area contributed by atoms with Gasteiger partial charge in [-0.3, -0.25) is 4.79 Å². The van der Waals surface area contributed by atoms with Crippen LogP contribution < -0.4 is 15.8 Å². The van der Waals surface area contributed by atoms with Gasteiger partial charge in [-0.15, -0.1) is 0 Å². The van der Waals surface area contributed by atoms with E-state index in [4.69, 9.17) is 15.2 Å². The summed E-state index contributed by atoms with van der Waals surface area (Å²) in [6.07, 6.45) is 3.05. The van der Waals surface area contributed by atoms with Crippen LogP contribution in [0.5, 0.6) is 5.75 Å². The molecule has 1 heterocycles. The Bertz CT molecular complexity index is 694. The molecule has 1 atom stereocenters. The zero-order valence-electron chi connectivity index (χ0n) is 14.2. The van der Waals surface area contributed by atoms with Gasteiger partial charge < -0.3 is 20.5 Å². The Morgan fingerprint density at radius 2 is 2.08 bits per heavy atom. The van der Waals surface area contributed by atoms with Crippen LogP contribution in [-0.2, 0) is 11.2 Å². The largest absolute Gasteiger partial charge is 0.491 e. The standard InChI is InChI=1S/C20H24N2O3/c21-17-8-6-15(7-9-17)10-11-22-20(23)16-3-1-4-18(13-16)25-14-19-5-2-12-24-19/h1,3-4,6-9,13,19H,2,5,10-12,14,21H2,(H,22,23). The summed E-state index contributed by atoms with van der Waals surface area (Å²) < 4.78 is 11.3. The fourth-order valence-electron chi connectivity index (χ4n) is 2.80. The number of benzene rings is 2. The molecule has 2 aromatic rings. The highest BCUT2D eigenvalue weighted by atomic mass is 16.5. The zero-order valence-corrected chi connectivity index (χ0v) is 14.2. The number of rotatable bonds is 7. The van der Waals surface area contributed by atoms with Crippen LogP contribution in [0.2, 0.25) is 0 Å². The summed E-state index contributed by atoms with van der Waals surface area (Å²) in [4.78, 5) is 12.3. The van der Waals surface area contributed by atoms with Crippen molar-refractivity contribution < 1.29 is 14.3 Å². The molecule has 5 nitrogen and oxygen atoms in total. The number of nitrogen functional groups attached to an aromatic ring is 1. The Morgan fingerprint density at radius 1 is 1.24 bits per heavy atom. The fourth-order valence-corrected chi connectivity index (χ4v) is 2.80. The van der Waals surface area contributed by atoms with Crippen LogP contribution in [0.1, 0.15) is 28.8 Å².